The molecule has 0 spiro atoms. The molecule has 0 atom stereocenters. The highest BCUT2D eigenvalue weighted by Crippen LogP contribution is 2.26. The van der Waals surface area contributed by atoms with E-state index >= 15 is 0 Å². The molecule has 1 aromatic rings. The molecule has 2 nitrogen and oxygen atoms in total. The minimum absolute atomic E-state index is 0.0954. The molecule has 0 N–H and O–H groups in total. The van der Waals surface area contributed by atoms with Crippen molar-refractivity contribution in [2.24, 2.45) is 0 Å². The molecule has 1 aromatic heterocycles. The second kappa shape index (κ2) is 4.62. The second-order valence-corrected chi connectivity index (χ2v) is 3.25. The Morgan fingerprint density at radius 1 is 1.54 bits per heavy atom. The lowest BCUT2D eigenvalue weighted by molar-refractivity contribution is -0.0529. The van der Waals surface area contributed by atoms with E-state index in [4.69, 9.17) is 10.7 Å². The lowest BCUT2D eigenvalue weighted by atomic mass is 10.4. The zero-order chi connectivity index (χ0) is 9.84. The van der Waals surface area contributed by atoms with E-state index in [9.17, 15) is 8.78 Å². The van der Waals surface area contributed by atoms with Crippen LogP contribution in [0.1, 0.15) is 5.69 Å². The Morgan fingerprint density at radius 3 is 2.69 bits per heavy atom. The van der Waals surface area contributed by atoms with E-state index in [1.807, 2.05) is 0 Å². The predicted molar refractivity (Wildman–Crippen MR) is 47.3 cm³/mol. The van der Waals surface area contributed by atoms with Gasteiger partial charge in [0.2, 0.25) is 5.88 Å². The van der Waals surface area contributed by atoms with Gasteiger partial charge in [-0.15, -0.1) is 0 Å². The summed E-state index contributed by atoms with van der Waals surface area (Å²) in [7, 11) is 6.47. The summed E-state index contributed by atoms with van der Waals surface area (Å²) in [6.07, 6.45) is 0. The summed E-state index contributed by atoms with van der Waals surface area (Å²) in [4.78, 5) is 4.50. The number of rotatable bonds is 3. The first-order valence-corrected chi connectivity index (χ1v) is 4.99. The van der Waals surface area contributed by atoms with Crippen molar-refractivity contribution in [2.75, 3.05) is 0 Å². The van der Waals surface area contributed by atoms with Gasteiger partial charge >= 0.3 is 6.61 Å². The summed E-state index contributed by atoms with van der Waals surface area (Å²) in [5.41, 5.74) is 0.568. The fourth-order valence-electron chi connectivity index (χ4n) is 0.764. The number of nitrogens with zero attached hydrogens (tertiary/aromatic N) is 1. The van der Waals surface area contributed by atoms with Gasteiger partial charge in [0.25, 0.3) is 0 Å². The van der Waals surface area contributed by atoms with E-state index in [2.05, 4.69) is 9.72 Å². The Hall–Kier alpha value is -0.550. The summed E-state index contributed by atoms with van der Waals surface area (Å²) >= 11 is 0. The standard InChI is InChI=1S/C7H6ClF2NOS/c1-4-5(13-8)2-3-6(11-4)12-7(9)10/h2-3,7H,1H3. The lowest BCUT2D eigenvalue weighted by Crippen LogP contribution is -2.04. The van der Waals surface area contributed by atoms with Gasteiger partial charge in [-0.25, -0.2) is 4.98 Å². The van der Waals surface area contributed by atoms with Gasteiger partial charge in [0.05, 0.1) is 5.69 Å². The van der Waals surface area contributed by atoms with Crippen molar-refractivity contribution in [1.29, 1.82) is 0 Å². The third-order valence-electron chi connectivity index (χ3n) is 1.30. The molecule has 0 saturated carbocycles. The molecule has 6 heteroatoms. The highest BCUT2D eigenvalue weighted by molar-refractivity contribution is 8.21. The Labute approximate surface area is 82.8 Å². The maximum Gasteiger partial charge on any atom is 0.388 e. The van der Waals surface area contributed by atoms with Crippen LogP contribution in [0, 0.1) is 6.92 Å². The zero-order valence-corrected chi connectivity index (χ0v) is 8.20. The minimum atomic E-state index is -2.85. The van der Waals surface area contributed by atoms with Crippen LogP contribution in [0.2, 0.25) is 0 Å². The first kappa shape index (κ1) is 10.5. The number of hydrogen-bond donors (Lipinski definition) is 0. The normalized spacial score (nSPS) is 10.5. The van der Waals surface area contributed by atoms with Crippen LogP contribution in [0.5, 0.6) is 5.88 Å². The van der Waals surface area contributed by atoms with Crippen LogP contribution in [0.4, 0.5) is 8.78 Å². The van der Waals surface area contributed by atoms with E-state index in [0.29, 0.717) is 5.69 Å². The second-order valence-electron chi connectivity index (χ2n) is 2.19. The third-order valence-corrected chi connectivity index (χ3v) is 2.40. The van der Waals surface area contributed by atoms with Gasteiger partial charge in [-0.3, -0.25) is 0 Å². The molecule has 1 rings (SSSR count). The van der Waals surface area contributed by atoms with Gasteiger partial charge in [-0.2, -0.15) is 8.78 Å². The summed E-state index contributed by atoms with van der Waals surface area (Å²) in [6, 6.07) is 2.93. The predicted octanol–water partition coefficient (Wildman–Crippen LogP) is 3.24. The van der Waals surface area contributed by atoms with Crippen LogP contribution in [0.25, 0.3) is 0 Å². The van der Waals surface area contributed by atoms with Crippen molar-refractivity contribution >= 4 is 21.7 Å². The SMILES string of the molecule is Cc1nc(OC(F)F)ccc1SCl. The molecular formula is C7H6ClF2NOS. The van der Waals surface area contributed by atoms with Gasteiger partial charge in [-0.1, -0.05) is 0 Å². The fourth-order valence-corrected chi connectivity index (χ4v) is 1.53. The Kier molecular flexibility index (Phi) is 3.74. The number of halogens is 3. The quantitative estimate of drug-likeness (QED) is 0.789. The third kappa shape index (κ3) is 3.00. The molecule has 0 amide bonds. The summed E-state index contributed by atoms with van der Waals surface area (Å²) < 4.78 is 27.6. The van der Waals surface area contributed by atoms with E-state index < -0.39 is 6.61 Å². The molecule has 72 valence electrons. The maximum absolute atomic E-state index is 11.7. The molecule has 0 bridgehead atoms. The van der Waals surface area contributed by atoms with Crippen molar-refractivity contribution < 1.29 is 13.5 Å². The molecule has 0 saturated heterocycles. The number of hydrogen-bond acceptors (Lipinski definition) is 3. The van der Waals surface area contributed by atoms with E-state index in [1.165, 1.54) is 6.07 Å². The molecule has 0 aromatic carbocycles. The van der Waals surface area contributed by atoms with Gasteiger partial charge in [0, 0.05) is 11.0 Å². The number of pyridine rings is 1. The molecule has 0 radical (unpaired) electrons. The molecular weight excluding hydrogens is 220 g/mol. The highest BCUT2D eigenvalue weighted by atomic mass is 35.7. The topological polar surface area (TPSA) is 22.1 Å². The summed E-state index contributed by atoms with van der Waals surface area (Å²) in [5, 5.41) is 0. The van der Waals surface area contributed by atoms with Crippen LogP contribution in [0.15, 0.2) is 17.0 Å². The molecule has 0 aliphatic carbocycles. The van der Waals surface area contributed by atoms with Crippen molar-refractivity contribution in [3.8, 4) is 5.88 Å². The Balaban J connectivity index is 2.83. The van der Waals surface area contributed by atoms with Gasteiger partial charge in [0.1, 0.15) is 0 Å². The van der Waals surface area contributed by atoms with E-state index in [1.54, 1.807) is 13.0 Å². The first-order valence-electron chi connectivity index (χ1n) is 3.34. The van der Waals surface area contributed by atoms with Crippen molar-refractivity contribution in [2.45, 2.75) is 18.4 Å². The van der Waals surface area contributed by atoms with Crippen molar-refractivity contribution in [1.82, 2.24) is 4.98 Å². The van der Waals surface area contributed by atoms with Crippen LogP contribution in [-0.4, -0.2) is 11.6 Å². The minimum Gasteiger partial charge on any atom is -0.417 e. The smallest absolute Gasteiger partial charge is 0.388 e. The monoisotopic (exact) mass is 225 g/mol. The van der Waals surface area contributed by atoms with Crippen LogP contribution >= 0.6 is 21.7 Å². The number of aryl methyl sites for hydroxylation is 1. The van der Waals surface area contributed by atoms with E-state index in [-0.39, 0.29) is 5.88 Å². The largest absolute Gasteiger partial charge is 0.417 e. The molecule has 0 aliphatic rings. The molecule has 0 fully saturated rings. The van der Waals surface area contributed by atoms with Crippen LogP contribution in [0.3, 0.4) is 0 Å². The Morgan fingerprint density at radius 2 is 2.23 bits per heavy atom. The molecule has 0 aliphatic heterocycles. The van der Waals surface area contributed by atoms with Crippen molar-refractivity contribution in [3.05, 3.63) is 17.8 Å². The molecule has 13 heavy (non-hydrogen) atoms. The average molecular weight is 226 g/mol. The van der Waals surface area contributed by atoms with E-state index in [0.717, 1.165) is 15.9 Å². The molecule has 0 unspecified atom stereocenters. The lowest BCUT2D eigenvalue weighted by Gasteiger charge is -2.05. The Bertz CT molecular complexity index is 298. The maximum atomic E-state index is 11.7. The summed E-state index contributed by atoms with van der Waals surface area (Å²) in [5.74, 6) is -0.0954. The number of alkyl halides is 2. The fraction of sp³-hybridized carbons (Fsp3) is 0.286. The highest BCUT2D eigenvalue weighted by Gasteiger charge is 2.07. The summed E-state index contributed by atoms with van der Waals surface area (Å²) in [6.45, 7) is -1.18. The van der Waals surface area contributed by atoms with Gasteiger partial charge in [-0.05, 0) is 34.6 Å². The number of aromatic nitrogens is 1. The van der Waals surface area contributed by atoms with Crippen LogP contribution < -0.4 is 4.74 Å². The zero-order valence-electron chi connectivity index (χ0n) is 6.63. The average Bonchev–Trinajstić information content (AvgIpc) is 2.03. The van der Waals surface area contributed by atoms with Gasteiger partial charge in [0.15, 0.2) is 0 Å². The molecule has 1 heterocycles. The number of ether oxygens (including phenoxy) is 1. The van der Waals surface area contributed by atoms with Crippen LogP contribution in [-0.2, 0) is 0 Å². The van der Waals surface area contributed by atoms with Crippen molar-refractivity contribution in [3.63, 3.8) is 0 Å². The first-order chi connectivity index (χ1) is 6.13. The van der Waals surface area contributed by atoms with Gasteiger partial charge < -0.3 is 4.74 Å².